The Labute approximate surface area is 64.2 Å². The van der Waals surface area contributed by atoms with E-state index in [1.54, 1.807) is 0 Å². The van der Waals surface area contributed by atoms with Crippen LogP contribution in [0.4, 0.5) is 0 Å². The van der Waals surface area contributed by atoms with Crippen LogP contribution in [0.1, 0.15) is 6.42 Å². The molecule has 50 valence electrons. The van der Waals surface area contributed by atoms with E-state index < -0.39 is 19.8 Å². The van der Waals surface area contributed by atoms with E-state index in [0.717, 1.165) is 6.54 Å². The Bertz CT molecular complexity index is 51.7. The maximum absolute atomic E-state index is 5.34. The van der Waals surface area contributed by atoms with Crippen LogP contribution >= 0.6 is 12.6 Å². The Morgan fingerprint density at radius 1 is 1.62 bits per heavy atom. The number of hydrogen-bond acceptors (Lipinski definition) is 2. The Hall–Kier alpha value is 1.11. The van der Waals surface area contributed by atoms with Gasteiger partial charge in [0.25, 0.3) is 0 Å². The van der Waals surface area contributed by atoms with Crippen molar-refractivity contribution in [3.05, 3.63) is 0 Å². The minimum absolute atomic E-state index is 0.870. The van der Waals surface area contributed by atoms with Crippen molar-refractivity contribution in [3.8, 4) is 0 Å². The molecule has 0 aliphatic heterocycles. The van der Waals surface area contributed by atoms with Gasteiger partial charge in [-0.3, -0.25) is 0 Å². The van der Waals surface area contributed by atoms with E-state index in [9.17, 15) is 0 Å². The zero-order valence-corrected chi connectivity index (χ0v) is 9.62. The fourth-order valence-electron chi connectivity index (χ4n) is 0.558. The first-order valence-electron chi connectivity index (χ1n) is 3.12. The van der Waals surface area contributed by atoms with Gasteiger partial charge in [0.1, 0.15) is 0 Å². The summed E-state index contributed by atoms with van der Waals surface area (Å²) in [5, 5.41) is 0. The van der Waals surface area contributed by atoms with Crippen LogP contribution in [0.25, 0.3) is 0 Å². The second kappa shape index (κ2) is 6.23. The fourth-order valence-corrected chi connectivity index (χ4v) is 4.97. The summed E-state index contributed by atoms with van der Waals surface area (Å²) in [6, 6.07) is 0. The summed E-state index contributed by atoms with van der Waals surface area (Å²) in [4.78, 5) is 2.41. The third-order valence-corrected chi connectivity index (χ3v) is 11.2. The molecular weight excluding hydrogens is 225 g/mol. The summed E-state index contributed by atoms with van der Waals surface area (Å²) in [5.41, 5.74) is 5.34. The Kier molecular flexibility index (Phi) is 7.10. The first kappa shape index (κ1) is 9.11. The van der Waals surface area contributed by atoms with Crippen molar-refractivity contribution in [1.29, 1.82) is 0 Å². The Morgan fingerprint density at radius 2 is 2.25 bits per heavy atom. The summed E-state index contributed by atoms with van der Waals surface area (Å²) >= 11 is 3.24. The normalized spacial score (nSPS) is 13.9. The minimum atomic E-state index is -1.00. The molecule has 0 aromatic carbocycles. The molecule has 0 aromatic heterocycles. The second-order valence-electron chi connectivity index (χ2n) is 2.22. The van der Waals surface area contributed by atoms with E-state index in [1.807, 2.05) is 0 Å². The van der Waals surface area contributed by atoms with Gasteiger partial charge < -0.3 is 0 Å². The Balaban J connectivity index is 2.86. The summed E-state index contributed by atoms with van der Waals surface area (Å²) in [6.07, 6.45) is 1.23. The molecule has 0 amide bonds. The van der Waals surface area contributed by atoms with E-state index in [2.05, 4.69) is 17.6 Å². The first-order valence-corrected chi connectivity index (χ1v) is 11.7. The summed E-state index contributed by atoms with van der Waals surface area (Å²) < 4.78 is 2.63. The number of thiol groups is 1. The van der Waals surface area contributed by atoms with E-state index in [1.165, 1.54) is 14.6 Å². The molecular formula is C5H15NSSn. The summed E-state index contributed by atoms with van der Waals surface area (Å²) in [5.74, 6) is 0. The van der Waals surface area contributed by atoms with Crippen LogP contribution in [0.15, 0.2) is 0 Å². The zero-order chi connectivity index (χ0) is 6.41. The van der Waals surface area contributed by atoms with Gasteiger partial charge in [-0.25, -0.2) is 0 Å². The molecule has 1 nitrogen and oxygen atoms in total. The summed E-state index contributed by atoms with van der Waals surface area (Å²) in [6.45, 7) is 0.870. The number of hydrogen-bond donors (Lipinski definition) is 2. The van der Waals surface area contributed by atoms with Crippen LogP contribution in [0.3, 0.4) is 0 Å². The van der Waals surface area contributed by atoms with Crippen LogP contribution in [0.2, 0.25) is 9.38 Å². The van der Waals surface area contributed by atoms with E-state index in [-0.39, 0.29) is 0 Å². The average molecular weight is 240 g/mol. The van der Waals surface area contributed by atoms with Gasteiger partial charge in [-0.1, -0.05) is 0 Å². The zero-order valence-electron chi connectivity index (χ0n) is 5.43. The van der Waals surface area contributed by atoms with Crippen molar-refractivity contribution in [2.24, 2.45) is 5.73 Å². The van der Waals surface area contributed by atoms with Crippen molar-refractivity contribution in [1.82, 2.24) is 0 Å². The molecule has 0 saturated carbocycles. The standard InChI is InChI=1S/C3H8N.CH3S.CH3.Sn.H/c1-2-3-4;1-2;;;/h1-4H2;2H,1H2;1H3;;. The van der Waals surface area contributed by atoms with Gasteiger partial charge in [-0.15, -0.1) is 0 Å². The van der Waals surface area contributed by atoms with Crippen molar-refractivity contribution < 1.29 is 0 Å². The second-order valence-corrected chi connectivity index (χ2v) is 13.7. The van der Waals surface area contributed by atoms with Gasteiger partial charge >= 0.3 is 64.2 Å². The van der Waals surface area contributed by atoms with Crippen molar-refractivity contribution in [2.45, 2.75) is 15.8 Å². The third kappa shape index (κ3) is 5.25. The molecule has 0 fully saturated rings. The molecule has 0 heterocycles. The maximum atomic E-state index is 5.34. The van der Waals surface area contributed by atoms with Gasteiger partial charge in [0, 0.05) is 0 Å². The van der Waals surface area contributed by atoms with Crippen molar-refractivity contribution >= 4 is 32.4 Å². The monoisotopic (exact) mass is 241 g/mol. The molecule has 1 unspecified atom stereocenters. The van der Waals surface area contributed by atoms with E-state index >= 15 is 0 Å². The van der Waals surface area contributed by atoms with E-state index in [4.69, 9.17) is 5.73 Å². The van der Waals surface area contributed by atoms with Crippen LogP contribution in [0.5, 0.6) is 0 Å². The van der Waals surface area contributed by atoms with Gasteiger partial charge in [0.05, 0.1) is 0 Å². The SMILES string of the molecule is [CH3][SnH]([CH2]S)[CH2]CCN. The average Bonchev–Trinajstić information content (AvgIpc) is 1.83. The van der Waals surface area contributed by atoms with Gasteiger partial charge in [-0.2, -0.15) is 0 Å². The number of rotatable bonds is 4. The Morgan fingerprint density at radius 3 is 2.62 bits per heavy atom. The van der Waals surface area contributed by atoms with E-state index in [0.29, 0.717) is 0 Å². The topological polar surface area (TPSA) is 26.0 Å². The van der Waals surface area contributed by atoms with Crippen molar-refractivity contribution in [3.63, 3.8) is 0 Å². The summed E-state index contributed by atoms with van der Waals surface area (Å²) in [7, 11) is 0. The molecule has 3 heteroatoms. The molecule has 1 atom stereocenters. The fraction of sp³-hybridized carbons (Fsp3) is 1.00. The molecule has 0 aromatic rings. The predicted octanol–water partition coefficient (Wildman–Crippen LogP) is 0.661. The molecule has 0 aliphatic rings. The van der Waals surface area contributed by atoms with Crippen LogP contribution in [-0.2, 0) is 0 Å². The molecule has 0 rings (SSSR count). The molecule has 0 radical (unpaired) electrons. The van der Waals surface area contributed by atoms with Crippen LogP contribution < -0.4 is 5.73 Å². The first-order chi connectivity index (χ1) is 3.81. The van der Waals surface area contributed by atoms with Gasteiger partial charge in [0.15, 0.2) is 0 Å². The quantitative estimate of drug-likeness (QED) is 0.548. The van der Waals surface area contributed by atoms with Gasteiger partial charge in [-0.05, 0) is 0 Å². The molecule has 8 heavy (non-hydrogen) atoms. The van der Waals surface area contributed by atoms with Crippen molar-refractivity contribution in [2.75, 3.05) is 10.3 Å². The number of nitrogens with two attached hydrogens (primary N) is 1. The molecule has 0 spiro atoms. The third-order valence-electron chi connectivity index (χ3n) is 1.21. The molecule has 0 bridgehead atoms. The molecule has 0 aliphatic carbocycles. The predicted molar refractivity (Wildman–Crippen MR) is 45.3 cm³/mol. The molecule has 0 saturated heterocycles. The molecule has 2 N–H and O–H groups in total. The van der Waals surface area contributed by atoms with Gasteiger partial charge in [0.2, 0.25) is 0 Å². The van der Waals surface area contributed by atoms with Crippen LogP contribution in [-0.4, -0.2) is 30.1 Å². The van der Waals surface area contributed by atoms with Crippen LogP contribution in [0, 0.1) is 0 Å².